The summed E-state index contributed by atoms with van der Waals surface area (Å²) in [7, 11) is -13.6. The molecular formula is C27H21NO8S3. The van der Waals surface area contributed by atoms with E-state index >= 15 is 0 Å². The number of fused-ring (bicyclic) bond motifs is 1. The fraction of sp³-hybridized carbons (Fsp3) is 0.0370. The number of rotatable bonds is 6. The first kappa shape index (κ1) is 26.5. The Morgan fingerprint density at radius 2 is 1.31 bits per heavy atom. The minimum Gasteiger partial charge on any atom is -0.508 e. The molecule has 0 spiro atoms. The number of aryl methyl sites for hydroxylation is 1. The predicted octanol–water partition coefficient (Wildman–Crippen LogP) is 4.51. The van der Waals surface area contributed by atoms with Crippen molar-refractivity contribution in [2.75, 3.05) is 3.71 Å². The van der Waals surface area contributed by atoms with Gasteiger partial charge in [-0.1, -0.05) is 48.0 Å². The molecule has 9 nitrogen and oxygen atoms in total. The zero-order valence-corrected chi connectivity index (χ0v) is 22.7. The van der Waals surface area contributed by atoms with Gasteiger partial charge in [-0.25, -0.2) is 16.8 Å². The lowest BCUT2D eigenvalue weighted by molar-refractivity contribution is 0.474. The zero-order valence-electron chi connectivity index (χ0n) is 20.3. The SMILES string of the molecule is Cc1ccc(S(=O)(=O)N(c2ccc3c(c2)C=C(c2ccccc2)S(=O)(=O)O3)S(=O)(=O)c2ccc(O)cc2)cc1. The van der Waals surface area contributed by atoms with Gasteiger partial charge in [-0.2, -0.15) is 12.1 Å². The Morgan fingerprint density at radius 3 is 1.90 bits per heavy atom. The molecule has 0 radical (unpaired) electrons. The van der Waals surface area contributed by atoms with Crippen LogP contribution in [0.4, 0.5) is 5.69 Å². The molecule has 1 N–H and O–H groups in total. The highest BCUT2D eigenvalue weighted by atomic mass is 32.3. The number of hydrogen-bond acceptors (Lipinski definition) is 8. The quantitative estimate of drug-likeness (QED) is 0.328. The van der Waals surface area contributed by atoms with Crippen LogP contribution in [0.15, 0.2) is 107 Å². The van der Waals surface area contributed by atoms with Gasteiger partial charge in [-0.05, 0) is 73.2 Å². The van der Waals surface area contributed by atoms with Crippen LogP contribution in [-0.4, -0.2) is 30.4 Å². The number of sulfonamides is 2. The van der Waals surface area contributed by atoms with Crippen molar-refractivity contribution in [2.45, 2.75) is 16.7 Å². The molecule has 0 amide bonds. The smallest absolute Gasteiger partial charge is 0.339 e. The van der Waals surface area contributed by atoms with Crippen molar-refractivity contribution < 1.29 is 34.5 Å². The molecular weight excluding hydrogens is 562 g/mol. The molecule has 1 heterocycles. The van der Waals surface area contributed by atoms with Gasteiger partial charge in [0.2, 0.25) is 0 Å². The minimum absolute atomic E-state index is 0.0897. The summed E-state index contributed by atoms with van der Waals surface area (Å²) in [6.45, 7) is 1.76. The number of phenolic OH excluding ortho intramolecular Hbond substituents is 1. The van der Waals surface area contributed by atoms with Gasteiger partial charge < -0.3 is 9.29 Å². The van der Waals surface area contributed by atoms with Gasteiger partial charge in [0.1, 0.15) is 16.4 Å². The molecule has 0 bridgehead atoms. The Morgan fingerprint density at radius 1 is 0.744 bits per heavy atom. The molecule has 0 unspecified atom stereocenters. The van der Waals surface area contributed by atoms with Crippen LogP contribution in [0.2, 0.25) is 0 Å². The van der Waals surface area contributed by atoms with E-state index in [0.29, 0.717) is 5.56 Å². The van der Waals surface area contributed by atoms with Crippen molar-refractivity contribution in [2.24, 2.45) is 0 Å². The predicted molar refractivity (Wildman–Crippen MR) is 146 cm³/mol. The topological polar surface area (TPSA) is 135 Å². The third-order valence-electron chi connectivity index (χ3n) is 5.91. The van der Waals surface area contributed by atoms with Crippen molar-refractivity contribution in [3.63, 3.8) is 0 Å². The fourth-order valence-corrected chi connectivity index (χ4v) is 8.82. The number of aromatic hydroxyl groups is 1. The Balaban J connectivity index is 1.73. The van der Waals surface area contributed by atoms with E-state index in [9.17, 15) is 30.4 Å². The van der Waals surface area contributed by atoms with E-state index in [0.717, 1.165) is 35.9 Å². The monoisotopic (exact) mass is 583 g/mol. The molecule has 1 aliphatic heterocycles. The highest BCUT2D eigenvalue weighted by Gasteiger charge is 2.38. The molecule has 39 heavy (non-hydrogen) atoms. The summed E-state index contributed by atoms with van der Waals surface area (Å²) in [6, 6.07) is 21.9. The second kappa shape index (κ2) is 9.56. The van der Waals surface area contributed by atoms with Gasteiger partial charge in [0.15, 0.2) is 0 Å². The minimum atomic E-state index is -4.75. The van der Waals surface area contributed by atoms with Crippen LogP contribution >= 0.6 is 0 Å². The molecule has 0 aromatic heterocycles. The first-order valence-electron chi connectivity index (χ1n) is 11.4. The fourth-order valence-electron chi connectivity index (χ4n) is 3.97. The van der Waals surface area contributed by atoms with E-state index < -0.39 is 30.2 Å². The number of phenols is 1. The van der Waals surface area contributed by atoms with E-state index in [1.165, 1.54) is 30.3 Å². The molecule has 5 rings (SSSR count). The normalized spacial score (nSPS) is 14.5. The zero-order chi connectivity index (χ0) is 28.0. The van der Waals surface area contributed by atoms with Crippen LogP contribution in [0.1, 0.15) is 16.7 Å². The maximum atomic E-state index is 13.8. The van der Waals surface area contributed by atoms with Crippen LogP contribution in [0, 0.1) is 6.92 Å². The van der Waals surface area contributed by atoms with E-state index in [4.69, 9.17) is 4.18 Å². The average molecular weight is 584 g/mol. The number of nitrogens with zero attached hydrogens (tertiary/aromatic N) is 1. The molecule has 0 saturated heterocycles. The lowest BCUT2D eigenvalue weighted by Crippen LogP contribution is -2.37. The summed E-state index contributed by atoms with van der Waals surface area (Å²) in [6.07, 6.45) is 1.30. The van der Waals surface area contributed by atoms with E-state index in [1.54, 1.807) is 49.4 Å². The molecule has 4 aromatic rings. The third-order valence-corrected chi connectivity index (χ3v) is 11.4. The third kappa shape index (κ3) is 4.89. The van der Waals surface area contributed by atoms with Crippen LogP contribution < -0.4 is 7.89 Å². The van der Waals surface area contributed by atoms with Gasteiger partial charge in [0.25, 0.3) is 20.0 Å². The van der Waals surface area contributed by atoms with Crippen molar-refractivity contribution in [3.05, 3.63) is 114 Å². The molecule has 1 aliphatic rings. The Labute approximate surface area is 226 Å². The number of benzene rings is 4. The molecule has 0 atom stereocenters. The number of hydrogen-bond donors (Lipinski definition) is 1. The Hall–Kier alpha value is -4.13. The second-order valence-electron chi connectivity index (χ2n) is 8.65. The first-order valence-corrected chi connectivity index (χ1v) is 15.7. The van der Waals surface area contributed by atoms with Crippen molar-refractivity contribution in [1.82, 2.24) is 0 Å². The lowest BCUT2D eigenvalue weighted by atomic mass is 10.1. The molecule has 12 heteroatoms. The lowest BCUT2D eigenvalue weighted by Gasteiger charge is -2.26. The van der Waals surface area contributed by atoms with Gasteiger partial charge >= 0.3 is 10.1 Å². The van der Waals surface area contributed by atoms with Crippen LogP contribution in [0.25, 0.3) is 11.0 Å². The molecule has 0 saturated carbocycles. The van der Waals surface area contributed by atoms with Gasteiger partial charge in [0, 0.05) is 5.56 Å². The second-order valence-corrected chi connectivity index (χ2v) is 14.0. The molecule has 0 fully saturated rings. The summed E-state index contributed by atoms with van der Waals surface area (Å²) >= 11 is 0. The highest BCUT2D eigenvalue weighted by Crippen LogP contribution is 2.40. The summed E-state index contributed by atoms with van der Waals surface area (Å²) in [5.41, 5.74) is 1.00. The summed E-state index contributed by atoms with van der Waals surface area (Å²) < 4.78 is 86.4. The highest BCUT2D eigenvalue weighted by molar-refractivity contribution is 8.10. The maximum Gasteiger partial charge on any atom is 0.339 e. The molecule has 4 aromatic carbocycles. The van der Waals surface area contributed by atoms with Crippen molar-refractivity contribution in [1.29, 1.82) is 0 Å². The van der Waals surface area contributed by atoms with Gasteiger partial charge in [0.05, 0.1) is 15.5 Å². The summed E-state index contributed by atoms with van der Waals surface area (Å²) in [4.78, 5) is -0.817. The van der Waals surface area contributed by atoms with Gasteiger partial charge in [-0.3, -0.25) is 0 Å². The van der Waals surface area contributed by atoms with Crippen LogP contribution in [-0.2, 0) is 30.2 Å². The Bertz CT molecular complexity index is 1840. The standard InChI is InChI=1S/C27H21NO8S3/c1-19-7-12-24(13-8-19)37(30,31)28(38(32,33)25-14-10-23(29)11-15-25)22-9-16-26-21(17-22)18-27(39(34,35)36-26)20-5-3-2-4-6-20/h2-18,29H,1H3. The van der Waals surface area contributed by atoms with Crippen LogP contribution in [0.5, 0.6) is 11.5 Å². The van der Waals surface area contributed by atoms with Crippen LogP contribution in [0.3, 0.4) is 0 Å². The Kier molecular flexibility index (Phi) is 6.49. The van der Waals surface area contributed by atoms with E-state index in [-0.39, 0.29) is 41.2 Å². The van der Waals surface area contributed by atoms with Gasteiger partial charge in [-0.15, -0.1) is 0 Å². The number of anilines is 1. The van der Waals surface area contributed by atoms with Crippen molar-refractivity contribution in [3.8, 4) is 11.5 Å². The summed E-state index contributed by atoms with van der Waals surface area (Å²) in [5, 5.41) is 9.64. The van der Waals surface area contributed by atoms with Crippen molar-refractivity contribution >= 4 is 46.8 Å². The largest absolute Gasteiger partial charge is 0.508 e. The first-order chi connectivity index (χ1) is 18.4. The summed E-state index contributed by atoms with van der Waals surface area (Å²) in [5.74, 6) is -0.291. The van der Waals surface area contributed by atoms with E-state index in [2.05, 4.69) is 0 Å². The van der Waals surface area contributed by atoms with E-state index in [1.807, 2.05) is 0 Å². The maximum absolute atomic E-state index is 13.8. The molecule has 0 aliphatic carbocycles. The molecule has 200 valence electrons. The average Bonchev–Trinajstić information content (AvgIpc) is 2.89.